The van der Waals surface area contributed by atoms with E-state index in [-0.39, 0.29) is 5.56 Å². The van der Waals surface area contributed by atoms with Crippen LogP contribution in [0.2, 0.25) is 0 Å². The van der Waals surface area contributed by atoms with Gasteiger partial charge in [-0.15, -0.1) is 0 Å². The Morgan fingerprint density at radius 1 is 1.19 bits per heavy atom. The van der Waals surface area contributed by atoms with Gasteiger partial charge < -0.3 is 9.29 Å². The largest absolute Gasteiger partial charge is 0.328 e. The lowest BCUT2D eigenvalue weighted by Crippen LogP contribution is -2.18. The van der Waals surface area contributed by atoms with Crippen LogP contribution in [0.3, 0.4) is 0 Å². The van der Waals surface area contributed by atoms with Crippen LogP contribution in [0.1, 0.15) is 31.0 Å². The second-order valence-electron chi connectivity index (χ2n) is 6.73. The third kappa shape index (κ3) is 3.38. The number of unbranched alkanes of at least 4 members (excludes halogenated alkanes) is 1. The van der Waals surface area contributed by atoms with Gasteiger partial charge in [0.25, 0.3) is 5.56 Å². The van der Waals surface area contributed by atoms with Crippen LogP contribution in [0.5, 0.6) is 0 Å². The molecular formula is C20H26N4OS. The van der Waals surface area contributed by atoms with Crippen LogP contribution < -0.4 is 10.3 Å². The quantitative estimate of drug-likeness (QED) is 0.658. The molecule has 0 fully saturated rings. The summed E-state index contributed by atoms with van der Waals surface area (Å²) in [5.41, 5.74) is 6.24. The van der Waals surface area contributed by atoms with E-state index >= 15 is 0 Å². The minimum Gasteiger partial charge on any atom is -0.328 e. The third-order valence-electron chi connectivity index (χ3n) is 4.69. The topological polar surface area (TPSA) is 51.9 Å². The Labute approximate surface area is 158 Å². The lowest BCUT2D eigenvalue weighted by Gasteiger charge is -2.11. The van der Waals surface area contributed by atoms with Crippen LogP contribution in [0.15, 0.2) is 29.2 Å². The zero-order chi connectivity index (χ0) is 18.8. The second-order valence-corrected chi connectivity index (χ2v) is 7.34. The molecule has 0 amide bonds. The van der Waals surface area contributed by atoms with Crippen LogP contribution in [-0.4, -0.2) is 20.6 Å². The van der Waals surface area contributed by atoms with Gasteiger partial charge in [-0.25, -0.2) is 0 Å². The maximum absolute atomic E-state index is 12.0. The Morgan fingerprint density at radius 2 is 1.96 bits per heavy atom. The molecule has 6 heteroatoms. The van der Waals surface area contributed by atoms with E-state index in [1.54, 1.807) is 23.6 Å². The minimum absolute atomic E-state index is 0.0438. The number of aromatic nitrogens is 3. The van der Waals surface area contributed by atoms with Crippen molar-refractivity contribution in [3.63, 3.8) is 0 Å². The Bertz CT molecular complexity index is 977. The van der Waals surface area contributed by atoms with E-state index < -0.39 is 0 Å². The summed E-state index contributed by atoms with van der Waals surface area (Å²) < 4.78 is 7.02. The Morgan fingerprint density at radius 3 is 2.62 bits per heavy atom. The summed E-state index contributed by atoms with van der Waals surface area (Å²) >= 11 is 1.57. The van der Waals surface area contributed by atoms with Crippen LogP contribution >= 0.6 is 11.9 Å². The van der Waals surface area contributed by atoms with Gasteiger partial charge in [0, 0.05) is 37.5 Å². The fourth-order valence-electron chi connectivity index (χ4n) is 3.41. The molecule has 0 saturated heterocycles. The van der Waals surface area contributed by atoms with Gasteiger partial charge in [-0.05, 0) is 49.1 Å². The fourth-order valence-corrected chi connectivity index (χ4v) is 3.78. The monoisotopic (exact) mass is 370 g/mol. The molecule has 138 valence electrons. The van der Waals surface area contributed by atoms with Gasteiger partial charge in [-0.1, -0.05) is 25.3 Å². The van der Waals surface area contributed by atoms with Crippen molar-refractivity contribution in [1.82, 2.24) is 14.3 Å². The molecule has 26 heavy (non-hydrogen) atoms. The molecule has 2 heterocycles. The standard InChI is InChI=1S/C20H26N4OS/c1-6-7-8-17-16-10-14(15-9-13(2)20(25)23(3)12-15)11-18(22-26-5)19(16)24(4)21-17/h9-12,22H,6-8H2,1-5H3. The molecule has 0 aliphatic rings. The normalized spacial score (nSPS) is 11.3. The number of nitrogens with zero attached hydrogens (tertiary/aromatic N) is 3. The van der Waals surface area contributed by atoms with E-state index in [0.29, 0.717) is 0 Å². The predicted molar refractivity (Wildman–Crippen MR) is 112 cm³/mol. The molecule has 1 aromatic carbocycles. The highest BCUT2D eigenvalue weighted by Gasteiger charge is 2.15. The molecule has 0 atom stereocenters. The van der Waals surface area contributed by atoms with Gasteiger partial charge in [0.15, 0.2) is 0 Å². The average Bonchev–Trinajstić information content (AvgIpc) is 2.93. The van der Waals surface area contributed by atoms with Gasteiger partial charge in [0.1, 0.15) is 0 Å². The number of hydrogen-bond acceptors (Lipinski definition) is 4. The van der Waals surface area contributed by atoms with E-state index in [1.807, 2.05) is 37.2 Å². The lowest BCUT2D eigenvalue weighted by molar-refractivity contribution is 0.726. The molecule has 3 aromatic rings. The zero-order valence-corrected chi connectivity index (χ0v) is 16.9. The average molecular weight is 371 g/mol. The molecule has 1 N–H and O–H groups in total. The highest BCUT2D eigenvalue weighted by Crippen LogP contribution is 2.34. The van der Waals surface area contributed by atoms with Crippen molar-refractivity contribution in [3.05, 3.63) is 46.0 Å². The first-order valence-electron chi connectivity index (χ1n) is 8.92. The summed E-state index contributed by atoms with van der Waals surface area (Å²) in [6, 6.07) is 6.32. The highest BCUT2D eigenvalue weighted by atomic mass is 32.2. The van der Waals surface area contributed by atoms with Crippen LogP contribution in [-0.2, 0) is 20.5 Å². The zero-order valence-electron chi connectivity index (χ0n) is 16.1. The smallest absolute Gasteiger partial charge is 0.253 e. The van der Waals surface area contributed by atoms with Crippen molar-refractivity contribution in [2.75, 3.05) is 11.0 Å². The first kappa shape index (κ1) is 18.6. The summed E-state index contributed by atoms with van der Waals surface area (Å²) in [7, 11) is 3.80. The summed E-state index contributed by atoms with van der Waals surface area (Å²) in [6.45, 7) is 4.06. The van der Waals surface area contributed by atoms with Crippen molar-refractivity contribution in [1.29, 1.82) is 0 Å². The van der Waals surface area contributed by atoms with Gasteiger partial charge in [-0.3, -0.25) is 9.48 Å². The number of benzene rings is 1. The molecule has 2 aromatic heterocycles. The van der Waals surface area contributed by atoms with Crippen molar-refractivity contribution in [3.8, 4) is 11.1 Å². The summed E-state index contributed by atoms with van der Waals surface area (Å²) in [6.07, 6.45) is 7.17. The van der Waals surface area contributed by atoms with E-state index in [9.17, 15) is 4.79 Å². The molecule has 0 aliphatic carbocycles. The van der Waals surface area contributed by atoms with E-state index in [1.165, 1.54) is 5.39 Å². The molecule has 0 saturated carbocycles. The summed E-state index contributed by atoms with van der Waals surface area (Å²) in [5.74, 6) is 0. The number of aryl methyl sites for hydroxylation is 4. The number of rotatable bonds is 6. The van der Waals surface area contributed by atoms with Crippen LogP contribution in [0, 0.1) is 6.92 Å². The fraction of sp³-hybridized carbons (Fsp3) is 0.400. The number of hydrogen-bond donors (Lipinski definition) is 1. The summed E-state index contributed by atoms with van der Waals surface area (Å²) in [4.78, 5) is 12.0. The number of fused-ring (bicyclic) bond motifs is 1. The maximum Gasteiger partial charge on any atom is 0.253 e. The molecule has 0 aliphatic heterocycles. The molecule has 0 bridgehead atoms. The molecular weight excluding hydrogens is 344 g/mol. The van der Waals surface area contributed by atoms with Crippen LogP contribution in [0.25, 0.3) is 22.0 Å². The summed E-state index contributed by atoms with van der Waals surface area (Å²) in [5, 5.41) is 5.95. The molecule has 3 rings (SSSR count). The Balaban J connectivity index is 2.24. The first-order valence-corrected chi connectivity index (χ1v) is 10.1. The van der Waals surface area contributed by atoms with Gasteiger partial charge in [-0.2, -0.15) is 5.10 Å². The molecule has 0 unspecified atom stereocenters. The van der Waals surface area contributed by atoms with Crippen LogP contribution in [0.4, 0.5) is 5.69 Å². The van der Waals surface area contributed by atoms with E-state index in [0.717, 1.165) is 52.9 Å². The highest BCUT2D eigenvalue weighted by molar-refractivity contribution is 7.99. The second kappa shape index (κ2) is 7.58. The first-order chi connectivity index (χ1) is 12.5. The van der Waals surface area contributed by atoms with Gasteiger partial charge >= 0.3 is 0 Å². The number of anilines is 1. The van der Waals surface area contributed by atoms with Crippen molar-refractivity contribution < 1.29 is 0 Å². The molecule has 5 nitrogen and oxygen atoms in total. The van der Waals surface area contributed by atoms with E-state index in [2.05, 4.69) is 23.8 Å². The Kier molecular flexibility index (Phi) is 5.41. The third-order valence-corrected chi connectivity index (χ3v) is 5.11. The maximum atomic E-state index is 12.0. The number of nitrogens with one attached hydrogen (secondary N) is 1. The molecule has 0 spiro atoms. The lowest BCUT2D eigenvalue weighted by atomic mass is 10.0. The predicted octanol–water partition coefficient (Wildman–Crippen LogP) is 4.28. The van der Waals surface area contributed by atoms with Gasteiger partial charge in [0.2, 0.25) is 0 Å². The van der Waals surface area contributed by atoms with Crippen molar-refractivity contribution in [2.45, 2.75) is 33.1 Å². The minimum atomic E-state index is 0.0438. The van der Waals surface area contributed by atoms with Crippen molar-refractivity contribution >= 4 is 28.5 Å². The van der Waals surface area contributed by atoms with Crippen molar-refractivity contribution in [2.24, 2.45) is 14.1 Å². The SMILES string of the molecule is CCCCc1nn(C)c2c(NSC)cc(-c3cc(C)c(=O)n(C)c3)cc12. The number of pyridine rings is 1. The van der Waals surface area contributed by atoms with E-state index in [4.69, 9.17) is 5.10 Å². The molecule has 0 radical (unpaired) electrons. The Hall–Kier alpha value is -2.21. The van der Waals surface area contributed by atoms with Gasteiger partial charge in [0.05, 0.1) is 16.9 Å².